The van der Waals surface area contributed by atoms with Crippen molar-refractivity contribution in [1.82, 2.24) is 9.97 Å². The third kappa shape index (κ3) is 5.87. The zero-order valence-electron chi connectivity index (χ0n) is 19.8. The van der Waals surface area contributed by atoms with Gasteiger partial charge in [-0.15, -0.1) is 0 Å². The molecular formula is C25H28FN7O3. The molecule has 0 radical (unpaired) electrons. The van der Waals surface area contributed by atoms with Crippen LogP contribution in [0, 0.1) is 5.82 Å². The Kier molecular flexibility index (Phi) is 7.59. The number of primary amides is 1. The van der Waals surface area contributed by atoms with E-state index < -0.39 is 11.7 Å². The van der Waals surface area contributed by atoms with E-state index >= 15 is 0 Å². The molecule has 2 heterocycles. The summed E-state index contributed by atoms with van der Waals surface area (Å²) >= 11 is 0. The number of benzene rings is 1. The summed E-state index contributed by atoms with van der Waals surface area (Å²) in [6.45, 7) is 0. The van der Waals surface area contributed by atoms with Gasteiger partial charge in [-0.05, 0) is 43.2 Å². The first-order chi connectivity index (χ1) is 17.3. The number of methoxy groups -OCH3 is 1. The fourth-order valence-electron chi connectivity index (χ4n) is 4.07. The van der Waals surface area contributed by atoms with Crippen LogP contribution in [0.25, 0.3) is 0 Å². The predicted octanol–water partition coefficient (Wildman–Crippen LogP) is 3.40. The number of nitrogens with zero attached hydrogens (tertiary/aromatic N) is 2. The Hall–Kier alpha value is -4.25. The molecule has 0 bridgehead atoms. The Bertz CT molecular complexity index is 1270. The summed E-state index contributed by atoms with van der Waals surface area (Å²) in [6.07, 6.45) is 6.58. The van der Waals surface area contributed by atoms with E-state index in [1.165, 1.54) is 19.5 Å². The van der Waals surface area contributed by atoms with Gasteiger partial charge in [0.2, 0.25) is 0 Å². The normalized spacial score (nSPS) is 17.2. The fourth-order valence-corrected chi connectivity index (χ4v) is 4.07. The van der Waals surface area contributed by atoms with Crippen LogP contribution in [0.15, 0.2) is 48.8 Å². The summed E-state index contributed by atoms with van der Waals surface area (Å²) in [5.74, 6) is -1.34. The van der Waals surface area contributed by atoms with Gasteiger partial charge in [0, 0.05) is 17.6 Å². The summed E-state index contributed by atoms with van der Waals surface area (Å²) in [5, 5.41) is 8.79. The van der Waals surface area contributed by atoms with Crippen LogP contribution in [-0.2, 0) is 0 Å². The molecule has 1 fully saturated rings. The van der Waals surface area contributed by atoms with Crippen molar-refractivity contribution in [3.05, 3.63) is 65.7 Å². The SMILES string of the molecule is COc1cccc(C(=O)Nc2cncc(Nc3nc(NC4CCCCC4N)c(F)cc3C(N)=O)c2)c1. The van der Waals surface area contributed by atoms with Gasteiger partial charge in [-0.25, -0.2) is 9.37 Å². The fraction of sp³-hybridized carbons (Fsp3) is 0.280. The van der Waals surface area contributed by atoms with E-state index in [4.69, 9.17) is 16.2 Å². The maximum atomic E-state index is 14.8. The first-order valence-electron chi connectivity index (χ1n) is 11.5. The number of nitrogens with one attached hydrogen (secondary N) is 3. The Balaban J connectivity index is 1.56. The van der Waals surface area contributed by atoms with E-state index in [-0.39, 0.29) is 35.2 Å². The van der Waals surface area contributed by atoms with Crippen LogP contribution in [0.2, 0.25) is 0 Å². The van der Waals surface area contributed by atoms with Crippen molar-refractivity contribution in [2.45, 2.75) is 37.8 Å². The molecule has 36 heavy (non-hydrogen) atoms. The molecule has 0 aliphatic heterocycles. The zero-order chi connectivity index (χ0) is 25.7. The van der Waals surface area contributed by atoms with Crippen molar-refractivity contribution in [3.63, 3.8) is 0 Å². The topological polar surface area (TPSA) is 157 Å². The first-order valence-corrected chi connectivity index (χ1v) is 11.5. The molecule has 2 aromatic heterocycles. The van der Waals surface area contributed by atoms with Crippen molar-refractivity contribution in [2.75, 3.05) is 23.1 Å². The molecule has 10 nitrogen and oxygen atoms in total. The van der Waals surface area contributed by atoms with Gasteiger partial charge in [0.15, 0.2) is 11.6 Å². The number of rotatable bonds is 8. The highest BCUT2D eigenvalue weighted by molar-refractivity contribution is 6.04. The molecule has 2 unspecified atom stereocenters. The maximum absolute atomic E-state index is 14.8. The van der Waals surface area contributed by atoms with Crippen LogP contribution in [0.3, 0.4) is 0 Å². The summed E-state index contributed by atoms with van der Waals surface area (Å²) in [6, 6.07) is 9.09. The number of hydrogen-bond donors (Lipinski definition) is 5. The molecule has 1 aliphatic rings. The number of carbonyl (C=O) groups excluding carboxylic acids is 2. The van der Waals surface area contributed by atoms with Crippen LogP contribution in [0.5, 0.6) is 5.75 Å². The second kappa shape index (κ2) is 11.0. The van der Waals surface area contributed by atoms with Gasteiger partial charge in [-0.1, -0.05) is 18.9 Å². The average Bonchev–Trinajstić information content (AvgIpc) is 2.87. The number of halogens is 1. The predicted molar refractivity (Wildman–Crippen MR) is 135 cm³/mol. The molecule has 2 atom stereocenters. The van der Waals surface area contributed by atoms with Crippen molar-refractivity contribution >= 4 is 34.8 Å². The summed E-state index contributed by atoms with van der Waals surface area (Å²) < 4.78 is 19.9. The standard InChI is InChI=1S/C25H28FN7O3/c1-36-17-6-4-5-14(9-17)25(35)31-16-10-15(12-29-13-16)30-23-18(22(28)34)11-19(26)24(33-23)32-21-8-3-2-7-20(21)27/h4-6,9-13,20-21H,2-3,7-8,27H2,1H3,(H2,28,34)(H,31,35)(H2,30,32,33). The summed E-state index contributed by atoms with van der Waals surface area (Å²) in [7, 11) is 1.52. The molecule has 188 valence electrons. The van der Waals surface area contributed by atoms with Gasteiger partial charge >= 0.3 is 0 Å². The van der Waals surface area contributed by atoms with Gasteiger partial charge in [-0.3, -0.25) is 14.6 Å². The molecule has 1 aliphatic carbocycles. The van der Waals surface area contributed by atoms with Crippen molar-refractivity contribution in [1.29, 1.82) is 0 Å². The van der Waals surface area contributed by atoms with Gasteiger partial charge in [-0.2, -0.15) is 0 Å². The van der Waals surface area contributed by atoms with Crippen LogP contribution < -0.4 is 32.2 Å². The minimum absolute atomic E-state index is 0.0275. The van der Waals surface area contributed by atoms with Crippen molar-refractivity contribution in [2.24, 2.45) is 11.5 Å². The number of nitrogens with two attached hydrogens (primary N) is 2. The van der Waals surface area contributed by atoms with Gasteiger partial charge in [0.1, 0.15) is 11.6 Å². The smallest absolute Gasteiger partial charge is 0.255 e. The van der Waals surface area contributed by atoms with Crippen molar-refractivity contribution in [3.8, 4) is 5.75 Å². The highest BCUT2D eigenvalue weighted by atomic mass is 19.1. The van der Waals surface area contributed by atoms with E-state index in [9.17, 15) is 14.0 Å². The lowest BCUT2D eigenvalue weighted by Gasteiger charge is -2.30. The monoisotopic (exact) mass is 493 g/mol. The lowest BCUT2D eigenvalue weighted by molar-refractivity contribution is 0.0997. The number of ether oxygens (including phenoxy) is 1. The highest BCUT2D eigenvalue weighted by Crippen LogP contribution is 2.27. The van der Waals surface area contributed by atoms with E-state index in [1.54, 1.807) is 30.3 Å². The molecular weight excluding hydrogens is 465 g/mol. The van der Waals surface area contributed by atoms with Gasteiger partial charge in [0.25, 0.3) is 11.8 Å². The molecule has 1 aromatic carbocycles. The van der Waals surface area contributed by atoms with Crippen LogP contribution in [0.4, 0.5) is 27.4 Å². The van der Waals surface area contributed by atoms with Crippen LogP contribution in [-0.4, -0.2) is 41.0 Å². The molecule has 0 saturated heterocycles. The van der Waals surface area contributed by atoms with E-state index in [0.29, 0.717) is 22.7 Å². The zero-order valence-corrected chi connectivity index (χ0v) is 19.8. The van der Waals surface area contributed by atoms with E-state index in [2.05, 4.69) is 25.9 Å². The first kappa shape index (κ1) is 24.9. The summed E-state index contributed by atoms with van der Waals surface area (Å²) in [4.78, 5) is 33.1. The minimum atomic E-state index is -0.847. The molecule has 3 aromatic rings. The van der Waals surface area contributed by atoms with Crippen LogP contribution >= 0.6 is 0 Å². The van der Waals surface area contributed by atoms with E-state index in [1.807, 2.05) is 0 Å². The lowest BCUT2D eigenvalue weighted by Crippen LogP contribution is -2.43. The number of aromatic nitrogens is 2. The third-order valence-corrected chi connectivity index (χ3v) is 5.97. The average molecular weight is 494 g/mol. The number of hydrogen-bond acceptors (Lipinski definition) is 8. The quantitative estimate of drug-likeness (QED) is 0.319. The van der Waals surface area contributed by atoms with E-state index in [0.717, 1.165) is 31.7 Å². The molecule has 0 spiro atoms. The van der Waals surface area contributed by atoms with Crippen molar-refractivity contribution < 1.29 is 18.7 Å². The maximum Gasteiger partial charge on any atom is 0.255 e. The Morgan fingerprint density at radius 1 is 1.08 bits per heavy atom. The Morgan fingerprint density at radius 3 is 2.61 bits per heavy atom. The highest BCUT2D eigenvalue weighted by Gasteiger charge is 2.24. The molecule has 1 saturated carbocycles. The van der Waals surface area contributed by atoms with Crippen LogP contribution in [0.1, 0.15) is 46.4 Å². The Labute approximate surface area is 207 Å². The molecule has 11 heteroatoms. The number of anilines is 4. The Morgan fingerprint density at radius 2 is 1.86 bits per heavy atom. The minimum Gasteiger partial charge on any atom is -0.497 e. The largest absolute Gasteiger partial charge is 0.497 e. The number of carbonyl (C=O) groups is 2. The molecule has 7 N–H and O–H groups in total. The summed E-state index contributed by atoms with van der Waals surface area (Å²) in [5.41, 5.74) is 12.7. The second-order valence-corrected chi connectivity index (χ2v) is 8.55. The molecule has 4 rings (SSSR count). The number of amides is 2. The third-order valence-electron chi connectivity index (χ3n) is 5.97. The molecule has 2 amide bonds. The lowest BCUT2D eigenvalue weighted by atomic mass is 9.91. The second-order valence-electron chi connectivity index (χ2n) is 8.55. The number of pyridine rings is 2. The van der Waals surface area contributed by atoms with Gasteiger partial charge in [0.05, 0.1) is 36.4 Å². The van der Waals surface area contributed by atoms with Gasteiger partial charge < -0.3 is 32.2 Å².